The quantitative estimate of drug-likeness (QED) is 0.538. The molecule has 0 unspecified atom stereocenters. The lowest BCUT2D eigenvalue weighted by Gasteiger charge is -2.29. The molecule has 0 N–H and O–H groups in total. The first-order valence-electron chi connectivity index (χ1n) is 11.4. The standard InChI is InChI=1S/C24H29N5O4/c1-18-2-4-19(5-3-18)33-20-16-21-22(25-17-20)26-24(27-23(21)29-9-13-31-14-10-29)32-15-8-28-6-11-30-12-7-28/h2-5,16-17H,6-15H2,1H3. The van der Waals surface area contributed by atoms with Crippen molar-refractivity contribution in [2.45, 2.75) is 6.92 Å². The van der Waals surface area contributed by atoms with Crippen LogP contribution in [0.4, 0.5) is 5.82 Å². The molecule has 2 saturated heterocycles. The summed E-state index contributed by atoms with van der Waals surface area (Å²) in [4.78, 5) is 18.4. The summed E-state index contributed by atoms with van der Waals surface area (Å²) in [7, 11) is 0. The normalized spacial score (nSPS) is 17.3. The highest BCUT2D eigenvalue weighted by Crippen LogP contribution is 2.30. The Morgan fingerprint density at radius 3 is 2.39 bits per heavy atom. The number of aromatic nitrogens is 3. The third-order valence-electron chi connectivity index (χ3n) is 5.80. The van der Waals surface area contributed by atoms with Crippen molar-refractivity contribution in [2.75, 3.05) is 70.7 Å². The summed E-state index contributed by atoms with van der Waals surface area (Å²) in [5, 5.41) is 0.835. The number of hydrogen-bond acceptors (Lipinski definition) is 9. The lowest BCUT2D eigenvalue weighted by atomic mass is 10.2. The molecule has 0 radical (unpaired) electrons. The highest BCUT2D eigenvalue weighted by Gasteiger charge is 2.20. The zero-order valence-corrected chi connectivity index (χ0v) is 18.9. The Labute approximate surface area is 193 Å². The first-order chi connectivity index (χ1) is 16.2. The number of rotatable bonds is 7. The van der Waals surface area contributed by atoms with Crippen LogP contribution in [-0.4, -0.2) is 85.6 Å². The lowest BCUT2D eigenvalue weighted by molar-refractivity contribution is 0.0317. The van der Waals surface area contributed by atoms with Gasteiger partial charge in [-0.25, -0.2) is 4.98 Å². The summed E-state index contributed by atoms with van der Waals surface area (Å²) in [5.74, 6) is 2.20. The van der Waals surface area contributed by atoms with Gasteiger partial charge in [-0.1, -0.05) is 17.7 Å². The van der Waals surface area contributed by atoms with E-state index in [2.05, 4.69) is 19.8 Å². The molecular weight excluding hydrogens is 422 g/mol. The van der Waals surface area contributed by atoms with Crippen LogP contribution in [0.2, 0.25) is 0 Å². The number of pyridine rings is 1. The topological polar surface area (TPSA) is 82.1 Å². The Bertz CT molecular complexity index is 1070. The Hall–Kier alpha value is -3.01. The summed E-state index contributed by atoms with van der Waals surface area (Å²) in [5.41, 5.74) is 1.77. The van der Waals surface area contributed by atoms with Gasteiger partial charge in [-0.2, -0.15) is 9.97 Å². The summed E-state index contributed by atoms with van der Waals surface area (Å²) in [6.07, 6.45) is 1.69. The molecule has 2 fully saturated rings. The number of nitrogens with zero attached hydrogens (tertiary/aromatic N) is 5. The second kappa shape index (κ2) is 10.3. The van der Waals surface area contributed by atoms with Crippen LogP contribution in [-0.2, 0) is 9.47 Å². The van der Waals surface area contributed by atoms with E-state index in [1.54, 1.807) is 6.20 Å². The fourth-order valence-corrected chi connectivity index (χ4v) is 3.93. The lowest BCUT2D eigenvalue weighted by Crippen LogP contribution is -2.39. The molecule has 0 spiro atoms. The Kier molecular flexibility index (Phi) is 6.80. The molecule has 0 saturated carbocycles. The first-order valence-corrected chi connectivity index (χ1v) is 11.4. The molecule has 0 atom stereocenters. The number of anilines is 1. The molecule has 0 bridgehead atoms. The van der Waals surface area contributed by atoms with E-state index in [0.29, 0.717) is 37.2 Å². The predicted molar refractivity (Wildman–Crippen MR) is 124 cm³/mol. The highest BCUT2D eigenvalue weighted by molar-refractivity contribution is 5.88. The van der Waals surface area contributed by atoms with Crippen LogP contribution in [0, 0.1) is 6.92 Å². The minimum absolute atomic E-state index is 0.344. The third-order valence-corrected chi connectivity index (χ3v) is 5.80. The van der Waals surface area contributed by atoms with E-state index < -0.39 is 0 Å². The van der Waals surface area contributed by atoms with Crippen molar-refractivity contribution in [3.8, 4) is 17.5 Å². The van der Waals surface area contributed by atoms with Crippen LogP contribution < -0.4 is 14.4 Å². The maximum absolute atomic E-state index is 6.04. The van der Waals surface area contributed by atoms with Crippen molar-refractivity contribution in [3.05, 3.63) is 42.1 Å². The van der Waals surface area contributed by atoms with Gasteiger partial charge in [0.2, 0.25) is 0 Å². The van der Waals surface area contributed by atoms with Gasteiger partial charge < -0.3 is 23.8 Å². The minimum Gasteiger partial charge on any atom is -0.462 e. The van der Waals surface area contributed by atoms with E-state index in [1.807, 2.05) is 37.3 Å². The summed E-state index contributed by atoms with van der Waals surface area (Å²) in [6.45, 7) is 9.58. The molecule has 9 heteroatoms. The maximum atomic E-state index is 6.04. The third kappa shape index (κ3) is 5.50. The van der Waals surface area contributed by atoms with Crippen molar-refractivity contribution in [1.82, 2.24) is 19.9 Å². The van der Waals surface area contributed by atoms with Gasteiger partial charge in [-0.05, 0) is 25.1 Å². The fraction of sp³-hybridized carbons (Fsp3) is 0.458. The van der Waals surface area contributed by atoms with Gasteiger partial charge in [0, 0.05) is 32.7 Å². The van der Waals surface area contributed by atoms with E-state index in [4.69, 9.17) is 23.9 Å². The van der Waals surface area contributed by atoms with Crippen LogP contribution in [0.15, 0.2) is 36.5 Å². The second-order valence-electron chi connectivity index (χ2n) is 8.19. The minimum atomic E-state index is 0.344. The number of benzene rings is 1. The van der Waals surface area contributed by atoms with E-state index >= 15 is 0 Å². The van der Waals surface area contributed by atoms with Crippen LogP contribution in [0.25, 0.3) is 11.0 Å². The van der Waals surface area contributed by atoms with Crippen molar-refractivity contribution in [1.29, 1.82) is 0 Å². The van der Waals surface area contributed by atoms with Crippen molar-refractivity contribution in [3.63, 3.8) is 0 Å². The first kappa shape index (κ1) is 21.8. The van der Waals surface area contributed by atoms with Crippen molar-refractivity contribution in [2.24, 2.45) is 0 Å². The zero-order chi connectivity index (χ0) is 22.5. The molecule has 2 aliphatic heterocycles. The summed E-state index contributed by atoms with van der Waals surface area (Å²) < 4.78 is 22.9. The molecular formula is C24H29N5O4. The Morgan fingerprint density at radius 2 is 1.64 bits per heavy atom. The van der Waals surface area contributed by atoms with E-state index in [-0.39, 0.29) is 0 Å². The van der Waals surface area contributed by atoms with Crippen LogP contribution in [0.3, 0.4) is 0 Å². The van der Waals surface area contributed by atoms with E-state index in [9.17, 15) is 0 Å². The van der Waals surface area contributed by atoms with Crippen LogP contribution in [0.1, 0.15) is 5.56 Å². The van der Waals surface area contributed by atoms with E-state index in [1.165, 1.54) is 5.56 Å². The van der Waals surface area contributed by atoms with Gasteiger partial charge in [0.25, 0.3) is 0 Å². The number of ether oxygens (including phenoxy) is 4. The summed E-state index contributed by atoms with van der Waals surface area (Å²) in [6, 6.07) is 10.2. The number of morpholine rings is 2. The van der Waals surface area contributed by atoms with Gasteiger partial charge in [0.1, 0.15) is 23.9 Å². The second-order valence-corrected chi connectivity index (χ2v) is 8.19. The van der Waals surface area contributed by atoms with Gasteiger partial charge in [-0.15, -0.1) is 0 Å². The molecule has 1 aromatic carbocycles. The average Bonchev–Trinajstić information content (AvgIpc) is 2.86. The van der Waals surface area contributed by atoms with Crippen LogP contribution in [0.5, 0.6) is 17.5 Å². The van der Waals surface area contributed by atoms with Crippen molar-refractivity contribution >= 4 is 16.9 Å². The number of fused-ring (bicyclic) bond motifs is 1. The predicted octanol–water partition coefficient (Wildman–Crippen LogP) is 2.67. The van der Waals surface area contributed by atoms with E-state index in [0.717, 1.165) is 62.9 Å². The molecule has 5 rings (SSSR count). The Morgan fingerprint density at radius 1 is 0.909 bits per heavy atom. The SMILES string of the molecule is Cc1ccc(Oc2cnc3nc(OCCN4CCOCC4)nc(N4CCOCC4)c3c2)cc1. The van der Waals surface area contributed by atoms with Crippen molar-refractivity contribution < 1.29 is 18.9 Å². The van der Waals surface area contributed by atoms with Gasteiger partial charge >= 0.3 is 6.01 Å². The average molecular weight is 452 g/mol. The Balaban J connectivity index is 1.39. The largest absolute Gasteiger partial charge is 0.462 e. The van der Waals surface area contributed by atoms with Gasteiger partial charge in [-0.3, -0.25) is 4.90 Å². The molecule has 2 aliphatic rings. The van der Waals surface area contributed by atoms with Gasteiger partial charge in [0.15, 0.2) is 5.65 Å². The van der Waals surface area contributed by atoms with Crippen LogP contribution >= 0.6 is 0 Å². The highest BCUT2D eigenvalue weighted by atomic mass is 16.5. The molecule has 33 heavy (non-hydrogen) atoms. The molecule has 0 amide bonds. The fourth-order valence-electron chi connectivity index (χ4n) is 3.93. The van der Waals surface area contributed by atoms with Gasteiger partial charge in [0.05, 0.1) is 38.0 Å². The molecule has 3 aromatic rings. The molecule has 4 heterocycles. The smallest absolute Gasteiger partial charge is 0.320 e. The molecule has 0 aliphatic carbocycles. The maximum Gasteiger partial charge on any atom is 0.320 e. The molecule has 2 aromatic heterocycles. The number of aryl methyl sites for hydroxylation is 1. The molecule has 174 valence electrons. The zero-order valence-electron chi connectivity index (χ0n) is 18.9. The summed E-state index contributed by atoms with van der Waals surface area (Å²) >= 11 is 0. The monoisotopic (exact) mass is 451 g/mol. The number of hydrogen-bond donors (Lipinski definition) is 0. The molecule has 9 nitrogen and oxygen atoms in total.